The van der Waals surface area contributed by atoms with Gasteiger partial charge in [0.1, 0.15) is 0 Å². The Balaban J connectivity index is 2.05. The van der Waals surface area contributed by atoms with Crippen LogP contribution < -0.4 is 5.32 Å². The lowest BCUT2D eigenvalue weighted by atomic mass is 9.78. The van der Waals surface area contributed by atoms with E-state index < -0.39 is 0 Å². The zero-order valence-corrected chi connectivity index (χ0v) is 11.5. The number of halogens is 1. The number of rotatable bonds is 3. The van der Waals surface area contributed by atoms with E-state index in [2.05, 4.69) is 12.2 Å². The van der Waals surface area contributed by atoms with Crippen LogP contribution in [-0.2, 0) is 0 Å². The van der Waals surface area contributed by atoms with E-state index in [4.69, 9.17) is 11.6 Å². The highest BCUT2D eigenvalue weighted by Crippen LogP contribution is 2.33. The minimum absolute atomic E-state index is 0.00852. The molecule has 1 aromatic carbocycles. The zero-order valence-electron chi connectivity index (χ0n) is 10.8. The minimum Gasteiger partial charge on any atom is -0.345 e. The summed E-state index contributed by atoms with van der Waals surface area (Å²) < 4.78 is 0. The molecule has 1 N–H and O–H groups in total. The summed E-state index contributed by atoms with van der Waals surface area (Å²) in [6.07, 6.45) is 4.25. The van der Waals surface area contributed by atoms with E-state index >= 15 is 0 Å². The van der Waals surface area contributed by atoms with Gasteiger partial charge < -0.3 is 5.32 Å². The maximum absolute atomic E-state index is 12.2. The van der Waals surface area contributed by atoms with Crippen molar-refractivity contribution in [2.75, 3.05) is 5.88 Å². The van der Waals surface area contributed by atoms with Crippen molar-refractivity contribution in [1.29, 1.82) is 0 Å². The quantitative estimate of drug-likeness (QED) is 0.832. The molecule has 18 heavy (non-hydrogen) atoms. The largest absolute Gasteiger partial charge is 0.345 e. The molecular formula is C15H20ClNO. The van der Waals surface area contributed by atoms with Crippen LogP contribution in [0, 0.1) is 5.92 Å². The fraction of sp³-hybridized carbons (Fsp3) is 0.533. The molecule has 0 saturated heterocycles. The molecule has 0 aromatic heterocycles. The Morgan fingerprint density at radius 2 is 1.94 bits per heavy atom. The van der Waals surface area contributed by atoms with E-state index in [0.29, 0.717) is 11.4 Å². The van der Waals surface area contributed by atoms with Crippen molar-refractivity contribution in [3.63, 3.8) is 0 Å². The third kappa shape index (κ3) is 3.05. The lowest BCUT2D eigenvalue weighted by Gasteiger charge is -2.38. The van der Waals surface area contributed by atoms with Crippen LogP contribution in [0.25, 0.3) is 0 Å². The van der Waals surface area contributed by atoms with Crippen LogP contribution in [0.15, 0.2) is 30.3 Å². The maximum atomic E-state index is 12.2. The lowest BCUT2D eigenvalue weighted by Crippen LogP contribution is -2.52. The number of hydrogen-bond donors (Lipinski definition) is 1. The van der Waals surface area contributed by atoms with Gasteiger partial charge in [-0.3, -0.25) is 4.79 Å². The van der Waals surface area contributed by atoms with Crippen molar-refractivity contribution in [2.24, 2.45) is 5.92 Å². The van der Waals surface area contributed by atoms with Crippen molar-refractivity contribution >= 4 is 17.5 Å². The number of benzene rings is 1. The smallest absolute Gasteiger partial charge is 0.251 e. The molecular weight excluding hydrogens is 246 g/mol. The topological polar surface area (TPSA) is 29.1 Å². The van der Waals surface area contributed by atoms with Crippen molar-refractivity contribution < 1.29 is 4.79 Å². The summed E-state index contributed by atoms with van der Waals surface area (Å²) in [6, 6.07) is 9.35. The summed E-state index contributed by atoms with van der Waals surface area (Å²) in [5.41, 5.74) is 0.502. The van der Waals surface area contributed by atoms with Crippen LogP contribution in [0.1, 0.15) is 43.0 Å². The fourth-order valence-electron chi connectivity index (χ4n) is 2.51. The van der Waals surface area contributed by atoms with Gasteiger partial charge in [-0.2, -0.15) is 0 Å². The summed E-state index contributed by atoms with van der Waals surface area (Å²) in [5, 5.41) is 3.15. The molecule has 2 rings (SSSR count). The minimum atomic E-state index is -0.207. The molecule has 1 aromatic rings. The molecule has 0 spiro atoms. The Kier molecular flexibility index (Phi) is 4.28. The first-order chi connectivity index (χ1) is 8.65. The fourth-order valence-corrected chi connectivity index (χ4v) is 2.84. The third-order valence-electron chi connectivity index (χ3n) is 3.90. The average molecular weight is 266 g/mol. The molecule has 1 amide bonds. The molecule has 3 heteroatoms. The normalized spacial score (nSPS) is 27.8. The molecule has 0 radical (unpaired) electrons. The molecule has 1 aliphatic rings. The van der Waals surface area contributed by atoms with Crippen LogP contribution in [0.4, 0.5) is 0 Å². The standard InChI is InChI=1S/C15H20ClNO/c1-12-7-9-15(11-16,10-8-12)17-14(18)13-5-3-2-4-6-13/h2-6,12H,7-11H2,1H3,(H,17,18). The van der Waals surface area contributed by atoms with Gasteiger partial charge in [-0.15, -0.1) is 11.6 Å². The highest BCUT2D eigenvalue weighted by Gasteiger charge is 2.34. The van der Waals surface area contributed by atoms with E-state index in [1.165, 1.54) is 0 Å². The van der Waals surface area contributed by atoms with Gasteiger partial charge in [-0.05, 0) is 43.7 Å². The average Bonchev–Trinajstić information content (AvgIpc) is 2.43. The molecule has 1 fully saturated rings. The van der Waals surface area contributed by atoms with Crippen molar-refractivity contribution in [2.45, 2.75) is 38.1 Å². The number of alkyl halides is 1. The SMILES string of the molecule is CC1CCC(CCl)(NC(=O)c2ccccc2)CC1. The Bertz CT molecular complexity index is 396. The van der Waals surface area contributed by atoms with Crippen molar-refractivity contribution in [3.8, 4) is 0 Å². The Labute approximate surface area is 114 Å². The first-order valence-corrected chi connectivity index (χ1v) is 7.12. The first-order valence-electron chi connectivity index (χ1n) is 6.59. The van der Waals surface area contributed by atoms with Crippen LogP contribution >= 0.6 is 11.6 Å². The van der Waals surface area contributed by atoms with Crippen LogP contribution in [0.5, 0.6) is 0 Å². The van der Waals surface area contributed by atoms with Gasteiger partial charge in [-0.1, -0.05) is 25.1 Å². The molecule has 0 aliphatic heterocycles. The molecule has 2 nitrogen and oxygen atoms in total. The van der Waals surface area contributed by atoms with E-state index in [0.717, 1.165) is 31.6 Å². The van der Waals surface area contributed by atoms with Crippen molar-refractivity contribution in [3.05, 3.63) is 35.9 Å². The summed E-state index contributed by atoms with van der Waals surface area (Å²) >= 11 is 6.10. The summed E-state index contributed by atoms with van der Waals surface area (Å²) in [4.78, 5) is 12.2. The van der Waals surface area contributed by atoms with Gasteiger partial charge in [0.05, 0.1) is 5.54 Å². The number of amides is 1. The molecule has 0 bridgehead atoms. The molecule has 1 saturated carbocycles. The lowest BCUT2D eigenvalue weighted by molar-refractivity contribution is 0.0872. The van der Waals surface area contributed by atoms with E-state index in [1.807, 2.05) is 30.3 Å². The van der Waals surface area contributed by atoms with Gasteiger partial charge in [0, 0.05) is 11.4 Å². The summed E-state index contributed by atoms with van der Waals surface area (Å²) in [6.45, 7) is 2.26. The maximum Gasteiger partial charge on any atom is 0.251 e. The highest BCUT2D eigenvalue weighted by atomic mass is 35.5. The number of carbonyl (C=O) groups excluding carboxylic acids is 1. The monoisotopic (exact) mass is 265 g/mol. The Morgan fingerprint density at radius 3 is 2.50 bits per heavy atom. The summed E-state index contributed by atoms with van der Waals surface area (Å²) in [5.74, 6) is 1.24. The Morgan fingerprint density at radius 1 is 1.33 bits per heavy atom. The number of carbonyl (C=O) groups is 1. The first kappa shape index (κ1) is 13.4. The van der Waals surface area contributed by atoms with Gasteiger partial charge >= 0.3 is 0 Å². The molecule has 1 aliphatic carbocycles. The zero-order chi connectivity index (χ0) is 13.0. The van der Waals surface area contributed by atoms with Gasteiger partial charge in [0.25, 0.3) is 5.91 Å². The van der Waals surface area contributed by atoms with Crippen LogP contribution in [0.3, 0.4) is 0 Å². The van der Waals surface area contributed by atoms with Crippen LogP contribution in [-0.4, -0.2) is 17.3 Å². The van der Waals surface area contributed by atoms with Gasteiger partial charge in [0.2, 0.25) is 0 Å². The third-order valence-corrected chi connectivity index (χ3v) is 4.41. The molecule has 0 heterocycles. The van der Waals surface area contributed by atoms with Gasteiger partial charge in [-0.25, -0.2) is 0 Å². The molecule has 0 unspecified atom stereocenters. The second-order valence-electron chi connectivity index (χ2n) is 5.42. The van der Waals surface area contributed by atoms with Crippen molar-refractivity contribution in [1.82, 2.24) is 5.32 Å². The number of nitrogens with one attached hydrogen (secondary N) is 1. The molecule has 98 valence electrons. The number of hydrogen-bond acceptors (Lipinski definition) is 1. The van der Waals surface area contributed by atoms with E-state index in [-0.39, 0.29) is 11.4 Å². The highest BCUT2D eigenvalue weighted by molar-refractivity contribution is 6.19. The Hall–Kier alpha value is -1.02. The summed E-state index contributed by atoms with van der Waals surface area (Å²) in [7, 11) is 0. The van der Waals surface area contributed by atoms with E-state index in [1.54, 1.807) is 0 Å². The van der Waals surface area contributed by atoms with Gasteiger partial charge in [0.15, 0.2) is 0 Å². The predicted molar refractivity (Wildman–Crippen MR) is 75.0 cm³/mol. The van der Waals surface area contributed by atoms with Crippen LogP contribution in [0.2, 0.25) is 0 Å². The second-order valence-corrected chi connectivity index (χ2v) is 5.68. The second kappa shape index (κ2) is 5.75. The van der Waals surface area contributed by atoms with E-state index in [9.17, 15) is 4.79 Å². The molecule has 0 atom stereocenters. The predicted octanol–water partition coefficient (Wildman–Crippen LogP) is 3.60.